The summed E-state index contributed by atoms with van der Waals surface area (Å²) in [5.41, 5.74) is 1.63. The number of carboxylic acid groups (broad SMARTS) is 1. The fourth-order valence-corrected chi connectivity index (χ4v) is 5.06. The number of carbonyl (C=O) groups excluding carboxylic acids is 1. The molecule has 2 aromatic carbocycles. The van der Waals surface area contributed by atoms with E-state index in [2.05, 4.69) is 4.98 Å². The lowest BCUT2D eigenvalue weighted by molar-refractivity contribution is 0.0681. The average molecular weight is 485 g/mol. The minimum atomic E-state index is -1.08. The maximum absolute atomic E-state index is 13.6. The van der Waals surface area contributed by atoms with Crippen molar-refractivity contribution in [3.63, 3.8) is 0 Å². The largest absolute Gasteiger partial charge is 0.497 e. The Morgan fingerprint density at radius 3 is 2.85 bits per heavy atom. The monoisotopic (exact) mass is 484 g/mol. The van der Waals surface area contributed by atoms with Crippen molar-refractivity contribution < 1.29 is 24.2 Å². The van der Waals surface area contributed by atoms with Crippen LogP contribution in [0.3, 0.4) is 0 Å². The number of carbonyl (C=O) groups is 2. The summed E-state index contributed by atoms with van der Waals surface area (Å²) in [4.78, 5) is 31.7. The maximum atomic E-state index is 13.6. The van der Waals surface area contributed by atoms with Crippen LogP contribution in [-0.4, -0.2) is 53.4 Å². The first kappa shape index (κ1) is 23.1. The van der Waals surface area contributed by atoms with E-state index >= 15 is 0 Å². The number of thiazole rings is 1. The summed E-state index contributed by atoms with van der Waals surface area (Å²) >= 11 is 2.77. The van der Waals surface area contributed by atoms with Gasteiger partial charge in [0.05, 0.1) is 20.3 Å². The van der Waals surface area contributed by atoms with Gasteiger partial charge >= 0.3 is 5.97 Å². The normalized spacial score (nSPS) is 14.8. The van der Waals surface area contributed by atoms with Gasteiger partial charge in [0, 0.05) is 28.3 Å². The number of thioether (sulfide) groups is 1. The highest BCUT2D eigenvalue weighted by molar-refractivity contribution is 7.98. The van der Waals surface area contributed by atoms with Crippen LogP contribution in [0.2, 0.25) is 0 Å². The van der Waals surface area contributed by atoms with Gasteiger partial charge in [0.1, 0.15) is 16.5 Å². The molecule has 1 amide bonds. The summed E-state index contributed by atoms with van der Waals surface area (Å²) in [5.74, 6) is 0.367. The van der Waals surface area contributed by atoms with Crippen molar-refractivity contribution in [3.8, 4) is 11.5 Å². The predicted octanol–water partition coefficient (Wildman–Crippen LogP) is 4.47. The number of hydrogen-bond donors (Lipinski definition) is 1. The number of nitrogens with zero attached hydrogens (tertiary/aromatic N) is 2. The van der Waals surface area contributed by atoms with Crippen molar-refractivity contribution in [1.82, 2.24) is 9.88 Å². The second kappa shape index (κ2) is 10.3. The van der Waals surface area contributed by atoms with Gasteiger partial charge in [-0.1, -0.05) is 18.2 Å². The first-order chi connectivity index (χ1) is 16.0. The van der Waals surface area contributed by atoms with Crippen LogP contribution in [0.4, 0.5) is 0 Å². The Bertz CT molecular complexity index is 1140. The van der Waals surface area contributed by atoms with Gasteiger partial charge in [0.15, 0.2) is 5.69 Å². The number of aromatic nitrogens is 1. The Kier molecular flexibility index (Phi) is 7.20. The number of methoxy groups -OCH3 is 1. The predicted molar refractivity (Wildman–Crippen MR) is 128 cm³/mol. The molecule has 0 bridgehead atoms. The maximum Gasteiger partial charge on any atom is 0.355 e. The molecule has 7 nitrogen and oxygen atoms in total. The number of carboxylic acids is 1. The highest BCUT2D eigenvalue weighted by Gasteiger charge is 2.26. The van der Waals surface area contributed by atoms with Gasteiger partial charge in [-0.15, -0.1) is 23.1 Å². The summed E-state index contributed by atoms with van der Waals surface area (Å²) in [6.07, 6.45) is 2.74. The molecule has 0 fully saturated rings. The van der Waals surface area contributed by atoms with Gasteiger partial charge < -0.3 is 19.5 Å². The SMILES string of the molecule is COc1cc(SC)cc(C(=O)N(Cc2nc(C(=O)O)cs2)CC2COc3ccccc3C2)c1. The molecule has 172 valence electrons. The van der Waals surface area contributed by atoms with E-state index in [1.807, 2.05) is 42.7 Å². The van der Waals surface area contributed by atoms with E-state index in [1.54, 1.807) is 18.1 Å². The number of ether oxygens (including phenoxy) is 2. The first-order valence-electron chi connectivity index (χ1n) is 10.4. The van der Waals surface area contributed by atoms with Crippen LogP contribution < -0.4 is 9.47 Å². The van der Waals surface area contributed by atoms with Gasteiger partial charge in [-0.05, 0) is 42.5 Å². The molecule has 4 rings (SSSR count). The van der Waals surface area contributed by atoms with Crippen LogP contribution in [0.1, 0.15) is 31.4 Å². The Morgan fingerprint density at radius 1 is 1.30 bits per heavy atom. The lowest BCUT2D eigenvalue weighted by atomic mass is 9.96. The molecule has 0 radical (unpaired) electrons. The molecule has 2 heterocycles. The zero-order valence-corrected chi connectivity index (χ0v) is 19.9. The van der Waals surface area contributed by atoms with E-state index in [-0.39, 0.29) is 24.1 Å². The fraction of sp³-hybridized carbons (Fsp3) is 0.292. The first-order valence-corrected chi connectivity index (χ1v) is 12.5. The van der Waals surface area contributed by atoms with Crippen molar-refractivity contribution in [3.05, 3.63) is 69.7 Å². The zero-order valence-electron chi connectivity index (χ0n) is 18.3. The van der Waals surface area contributed by atoms with Crippen molar-refractivity contribution in [2.75, 3.05) is 26.5 Å². The van der Waals surface area contributed by atoms with Crippen LogP contribution in [0.15, 0.2) is 52.7 Å². The molecular weight excluding hydrogens is 460 g/mol. The van der Waals surface area contributed by atoms with E-state index in [0.717, 1.165) is 22.6 Å². The van der Waals surface area contributed by atoms with Gasteiger partial charge in [-0.3, -0.25) is 4.79 Å². The number of amides is 1. The molecule has 1 N–H and O–H groups in total. The molecule has 0 saturated carbocycles. The molecule has 1 aromatic heterocycles. The topological polar surface area (TPSA) is 89.0 Å². The standard InChI is InChI=1S/C24H24N2O5S2/c1-30-18-8-17(9-19(10-18)32-2)23(27)26(12-22-25-20(14-33-22)24(28)29)11-15-7-16-5-3-4-6-21(16)31-13-15/h3-6,8-10,14-15H,7,11-13H2,1-2H3,(H,28,29). The van der Waals surface area contributed by atoms with E-state index in [4.69, 9.17) is 9.47 Å². The number of hydrogen-bond acceptors (Lipinski definition) is 7. The Balaban J connectivity index is 1.61. The minimum Gasteiger partial charge on any atom is -0.497 e. The molecule has 0 saturated heterocycles. The van der Waals surface area contributed by atoms with E-state index in [1.165, 1.54) is 28.5 Å². The van der Waals surface area contributed by atoms with Crippen molar-refractivity contribution in [1.29, 1.82) is 0 Å². The molecule has 0 spiro atoms. The van der Waals surface area contributed by atoms with Gasteiger partial charge in [-0.2, -0.15) is 0 Å². The summed E-state index contributed by atoms with van der Waals surface area (Å²) in [6, 6.07) is 13.4. The highest BCUT2D eigenvalue weighted by Crippen LogP contribution is 2.29. The van der Waals surface area contributed by atoms with E-state index in [0.29, 0.717) is 29.5 Å². The van der Waals surface area contributed by atoms with Gasteiger partial charge in [0.2, 0.25) is 0 Å². The molecule has 1 aliphatic heterocycles. The average Bonchev–Trinajstić information content (AvgIpc) is 3.31. The number of para-hydroxylation sites is 1. The zero-order chi connectivity index (χ0) is 23.4. The summed E-state index contributed by atoms with van der Waals surface area (Å²) in [5, 5.41) is 11.3. The van der Waals surface area contributed by atoms with Crippen LogP contribution in [-0.2, 0) is 13.0 Å². The molecule has 33 heavy (non-hydrogen) atoms. The third kappa shape index (κ3) is 5.48. The lowest BCUT2D eigenvalue weighted by Gasteiger charge is -2.31. The minimum absolute atomic E-state index is 0.0108. The summed E-state index contributed by atoms with van der Waals surface area (Å²) in [7, 11) is 1.57. The fourth-order valence-electron chi connectivity index (χ4n) is 3.80. The van der Waals surface area contributed by atoms with Crippen LogP contribution in [0.5, 0.6) is 11.5 Å². The number of benzene rings is 2. The van der Waals surface area contributed by atoms with Crippen LogP contribution in [0, 0.1) is 5.92 Å². The van der Waals surface area contributed by atoms with Crippen molar-refractivity contribution in [2.45, 2.75) is 17.9 Å². The summed E-state index contributed by atoms with van der Waals surface area (Å²) in [6.45, 7) is 1.19. The molecule has 1 unspecified atom stereocenters. The molecule has 1 atom stereocenters. The van der Waals surface area contributed by atoms with E-state index < -0.39 is 5.97 Å². The Morgan fingerprint density at radius 2 is 2.12 bits per heavy atom. The van der Waals surface area contributed by atoms with Crippen molar-refractivity contribution >= 4 is 35.0 Å². The van der Waals surface area contributed by atoms with Crippen LogP contribution >= 0.6 is 23.1 Å². The molecule has 1 aliphatic rings. The molecular formula is C24H24N2O5S2. The van der Waals surface area contributed by atoms with Crippen molar-refractivity contribution in [2.24, 2.45) is 5.92 Å². The molecule has 9 heteroatoms. The number of aromatic carboxylic acids is 1. The quantitative estimate of drug-likeness (QED) is 0.472. The van der Waals surface area contributed by atoms with Gasteiger partial charge in [-0.25, -0.2) is 9.78 Å². The van der Waals surface area contributed by atoms with E-state index in [9.17, 15) is 14.7 Å². The molecule has 0 aliphatic carbocycles. The smallest absolute Gasteiger partial charge is 0.355 e. The Labute approximate surface area is 200 Å². The second-order valence-corrected chi connectivity index (χ2v) is 9.53. The molecule has 3 aromatic rings. The lowest BCUT2D eigenvalue weighted by Crippen LogP contribution is -2.38. The number of rotatable bonds is 8. The summed E-state index contributed by atoms with van der Waals surface area (Å²) < 4.78 is 11.3. The van der Waals surface area contributed by atoms with Crippen LogP contribution in [0.25, 0.3) is 0 Å². The number of fused-ring (bicyclic) bond motifs is 1. The van der Waals surface area contributed by atoms with Gasteiger partial charge in [0.25, 0.3) is 5.91 Å². The highest BCUT2D eigenvalue weighted by atomic mass is 32.2. The second-order valence-electron chi connectivity index (χ2n) is 7.71. The third-order valence-electron chi connectivity index (χ3n) is 5.42. The Hall–Kier alpha value is -3.04. The third-order valence-corrected chi connectivity index (χ3v) is 6.96.